The summed E-state index contributed by atoms with van der Waals surface area (Å²) in [6, 6.07) is 0. The molecule has 0 aromatic rings. The van der Waals surface area contributed by atoms with E-state index in [4.69, 9.17) is 0 Å². The second-order valence-electron chi connectivity index (χ2n) is 2.51. The van der Waals surface area contributed by atoms with Crippen molar-refractivity contribution in [2.75, 3.05) is 13.1 Å². The van der Waals surface area contributed by atoms with Crippen molar-refractivity contribution in [2.24, 2.45) is 0 Å². The van der Waals surface area contributed by atoms with Crippen LogP contribution in [0, 0.1) is 0 Å². The average Bonchev–Trinajstić information content (AvgIpc) is 2.73. The molecule has 1 heterocycles. The van der Waals surface area contributed by atoms with Crippen molar-refractivity contribution in [3.63, 3.8) is 0 Å². The summed E-state index contributed by atoms with van der Waals surface area (Å²) in [5, 5.41) is 3.00. The maximum absolute atomic E-state index is 10.4. The quantitative estimate of drug-likeness (QED) is 0.506. The summed E-state index contributed by atoms with van der Waals surface area (Å²) < 4.78 is 0. The van der Waals surface area contributed by atoms with Crippen LogP contribution in [0.4, 0.5) is 0 Å². The molecule has 1 saturated heterocycles. The first-order chi connectivity index (χ1) is 4.89. The van der Waals surface area contributed by atoms with Gasteiger partial charge in [-0.05, 0) is 18.9 Å². The zero-order valence-corrected chi connectivity index (χ0v) is 6.10. The average molecular weight is 139 g/mol. The van der Waals surface area contributed by atoms with Gasteiger partial charge in [0.05, 0.1) is 0 Å². The zero-order chi connectivity index (χ0) is 7.23. The van der Waals surface area contributed by atoms with Crippen molar-refractivity contribution in [3.05, 3.63) is 12.2 Å². The maximum atomic E-state index is 10.4. The highest BCUT2D eigenvalue weighted by Gasteiger charge is 1.98. The number of carbonyl (C=O) groups is 1. The molecule has 0 aromatic heterocycles. The van der Waals surface area contributed by atoms with Gasteiger partial charge in [-0.15, -0.1) is 0 Å². The lowest BCUT2D eigenvalue weighted by molar-refractivity contribution is -0.114. The van der Waals surface area contributed by atoms with E-state index in [1.165, 1.54) is 13.1 Å². The standard InChI is InChI=1S/C6H8O.C2H5N/c7-6-4-2-1-3-5-6;1-2-3-1/h2,4H,1,3,5H2;3H,1-2H2. The van der Waals surface area contributed by atoms with Gasteiger partial charge in [-0.3, -0.25) is 4.79 Å². The Hall–Kier alpha value is -0.630. The summed E-state index contributed by atoms with van der Waals surface area (Å²) in [5.74, 6) is 0.284. The van der Waals surface area contributed by atoms with Crippen LogP contribution in [0.3, 0.4) is 0 Å². The molecular formula is C8H13NO. The topological polar surface area (TPSA) is 39.0 Å². The number of rotatable bonds is 0. The van der Waals surface area contributed by atoms with Crippen LogP contribution in [0.1, 0.15) is 19.3 Å². The number of nitrogens with one attached hydrogen (secondary N) is 1. The third-order valence-corrected chi connectivity index (χ3v) is 1.35. The second kappa shape index (κ2) is 4.23. The summed E-state index contributed by atoms with van der Waals surface area (Å²) in [5.41, 5.74) is 0. The summed E-state index contributed by atoms with van der Waals surface area (Å²) in [4.78, 5) is 10.4. The second-order valence-corrected chi connectivity index (χ2v) is 2.51. The Labute approximate surface area is 61.3 Å². The molecule has 0 spiro atoms. The van der Waals surface area contributed by atoms with Crippen molar-refractivity contribution >= 4 is 5.78 Å². The lowest BCUT2D eigenvalue weighted by atomic mass is 10.1. The Morgan fingerprint density at radius 1 is 1.40 bits per heavy atom. The van der Waals surface area contributed by atoms with Crippen LogP contribution >= 0.6 is 0 Å². The van der Waals surface area contributed by atoms with E-state index in [9.17, 15) is 4.79 Å². The van der Waals surface area contributed by atoms with Gasteiger partial charge in [-0.2, -0.15) is 0 Å². The smallest absolute Gasteiger partial charge is 0.155 e. The van der Waals surface area contributed by atoms with Crippen molar-refractivity contribution in [1.82, 2.24) is 5.32 Å². The maximum Gasteiger partial charge on any atom is 0.155 e. The third-order valence-electron chi connectivity index (χ3n) is 1.35. The van der Waals surface area contributed by atoms with Gasteiger partial charge in [-0.1, -0.05) is 6.08 Å². The number of ketones is 1. The van der Waals surface area contributed by atoms with Crippen LogP contribution in [0.2, 0.25) is 0 Å². The Morgan fingerprint density at radius 2 is 2.10 bits per heavy atom. The summed E-state index contributed by atoms with van der Waals surface area (Å²) >= 11 is 0. The summed E-state index contributed by atoms with van der Waals surface area (Å²) in [6.45, 7) is 2.50. The first-order valence-electron chi connectivity index (χ1n) is 3.80. The van der Waals surface area contributed by atoms with Gasteiger partial charge in [0, 0.05) is 19.5 Å². The van der Waals surface area contributed by atoms with E-state index in [-0.39, 0.29) is 5.78 Å². The minimum absolute atomic E-state index is 0.284. The number of hydrogen-bond donors (Lipinski definition) is 1. The number of hydrogen-bond acceptors (Lipinski definition) is 2. The lowest BCUT2D eigenvalue weighted by Crippen LogP contribution is -1.95. The van der Waals surface area contributed by atoms with Gasteiger partial charge in [0.1, 0.15) is 0 Å². The first kappa shape index (κ1) is 7.48. The van der Waals surface area contributed by atoms with Crippen molar-refractivity contribution in [1.29, 1.82) is 0 Å². The molecule has 2 rings (SSSR count). The molecular weight excluding hydrogens is 126 g/mol. The van der Waals surface area contributed by atoms with Gasteiger partial charge >= 0.3 is 0 Å². The molecule has 0 amide bonds. The van der Waals surface area contributed by atoms with Crippen LogP contribution in [0.5, 0.6) is 0 Å². The Kier molecular flexibility index (Phi) is 3.16. The van der Waals surface area contributed by atoms with Gasteiger partial charge in [0.25, 0.3) is 0 Å². The molecule has 1 aliphatic heterocycles. The fourth-order valence-electron chi connectivity index (χ4n) is 0.692. The molecule has 0 aromatic carbocycles. The van der Waals surface area contributed by atoms with Crippen LogP contribution in [0.15, 0.2) is 12.2 Å². The molecule has 0 saturated carbocycles. The Balaban J connectivity index is 0.000000138. The fourth-order valence-corrected chi connectivity index (χ4v) is 0.692. The molecule has 1 N–H and O–H groups in total. The minimum Gasteiger partial charge on any atom is -0.314 e. The molecule has 2 heteroatoms. The lowest BCUT2D eigenvalue weighted by Gasteiger charge is -1.97. The van der Waals surface area contributed by atoms with Crippen molar-refractivity contribution in [3.8, 4) is 0 Å². The molecule has 0 radical (unpaired) electrons. The molecule has 1 aliphatic carbocycles. The minimum atomic E-state index is 0.284. The SMILES string of the molecule is C1CN1.O=C1C=CCCC1. The predicted molar refractivity (Wildman–Crippen MR) is 40.9 cm³/mol. The number of carbonyl (C=O) groups excluding carboxylic acids is 1. The molecule has 2 aliphatic rings. The van der Waals surface area contributed by atoms with Crippen molar-refractivity contribution < 1.29 is 4.79 Å². The molecule has 0 bridgehead atoms. The molecule has 10 heavy (non-hydrogen) atoms. The Bertz CT molecular complexity index is 135. The van der Waals surface area contributed by atoms with E-state index in [1.807, 2.05) is 6.08 Å². The Morgan fingerprint density at radius 3 is 2.30 bits per heavy atom. The zero-order valence-electron chi connectivity index (χ0n) is 6.10. The van der Waals surface area contributed by atoms with E-state index in [1.54, 1.807) is 6.08 Å². The van der Waals surface area contributed by atoms with Gasteiger partial charge in [0.15, 0.2) is 5.78 Å². The predicted octanol–water partition coefficient (Wildman–Crippen LogP) is 0.885. The van der Waals surface area contributed by atoms with E-state index >= 15 is 0 Å². The van der Waals surface area contributed by atoms with Crippen LogP contribution in [0.25, 0.3) is 0 Å². The summed E-state index contributed by atoms with van der Waals surface area (Å²) in [7, 11) is 0. The van der Waals surface area contributed by atoms with Gasteiger partial charge in [0.2, 0.25) is 0 Å². The highest BCUT2D eigenvalue weighted by atomic mass is 16.1. The van der Waals surface area contributed by atoms with E-state index in [2.05, 4.69) is 5.32 Å². The molecule has 0 unspecified atom stereocenters. The normalized spacial score (nSPS) is 21.4. The molecule has 2 nitrogen and oxygen atoms in total. The van der Waals surface area contributed by atoms with E-state index in [0.717, 1.165) is 19.3 Å². The van der Waals surface area contributed by atoms with Crippen LogP contribution in [-0.2, 0) is 4.79 Å². The highest BCUT2D eigenvalue weighted by Crippen LogP contribution is 2.04. The van der Waals surface area contributed by atoms with Gasteiger partial charge in [-0.25, -0.2) is 0 Å². The van der Waals surface area contributed by atoms with Crippen molar-refractivity contribution in [2.45, 2.75) is 19.3 Å². The molecule has 0 atom stereocenters. The van der Waals surface area contributed by atoms with Crippen LogP contribution < -0.4 is 5.32 Å². The highest BCUT2D eigenvalue weighted by molar-refractivity contribution is 5.90. The number of allylic oxidation sites excluding steroid dienone is 2. The summed E-state index contributed by atoms with van der Waals surface area (Å²) in [6.07, 6.45) is 6.51. The molecule has 56 valence electrons. The van der Waals surface area contributed by atoms with Crippen LogP contribution in [-0.4, -0.2) is 18.9 Å². The monoisotopic (exact) mass is 139 g/mol. The largest absolute Gasteiger partial charge is 0.314 e. The van der Waals surface area contributed by atoms with Gasteiger partial charge < -0.3 is 5.32 Å². The first-order valence-corrected chi connectivity index (χ1v) is 3.80. The third kappa shape index (κ3) is 4.27. The van der Waals surface area contributed by atoms with E-state index < -0.39 is 0 Å². The van der Waals surface area contributed by atoms with E-state index in [0.29, 0.717) is 0 Å². The fraction of sp³-hybridized carbons (Fsp3) is 0.625. The molecule has 1 fully saturated rings.